The van der Waals surface area contributed by atoms with Gasteiger partial charge >= 0.3 is 0 Å². The van der Waals surface area contributed by atoms with E-state index in [9.17, 15) is 22.0 Å². The Kier molecular flexibility index (Phi) is 6.67. The molecule has 1 aliphatic rings. The largest absolute Gasteiger partial charge is 0.325 e. The molecule has 1 heterocycles. The number of rotatable bonds is 5. The highest BCUT2D eigenvalue weighted by Crippen LogP contribution is 2.24. The summed E-state index contributed by atoms with van der Waals surface area (Å²) in [5.41, 5.74) is 1.62. The van der Waals surface area contributed by atoms with Crippen LogP contribution >= 0.6 is 15.9 Å². The summed E-state index contributed by atoms with van der Waals surface area (Å²) in [4.78, 5) is 13.2. The van der Waals surface area contributed by atoms with Crippen LogP contribution < -0.4 is 5.32 Å². The predicted molar refractivity (Wildman–Crippen MR) is 109 cm³/mol. The lowest BCUT2D eigenvalue weighted by molar-refractivity contribution is -0.117. The van der Waals surface area contributed by atoms with Gasteiger partial charge in [-0.1, -0.05) is 22.0 Å². The molecule has 0 saturated carbocycles. The van der Waals surface area contributed by atoms with E-state index in [1.807, 2.05) is 19.1 Å². The average Bonchev–Trinajstić information content (AvgIpc) is 2.64. The van der Waals surface area contributed by atoms with E-state index >= 15 is 0 Å². The minimum absolute atomic E-state index is 0.0424. The molecular formula is C19H20BrF2N3O3S. The molecule has 0 spiro atoms. The number of amides is 1. The summed E-state index contributed by atoms with van der Waals surface area (Å²) in [5.74, 6) is -2.44. The Bertz CT molecular complexity index is 1010. The summed E-state index contributed by atoms with van der Waals surface area (Å²) in [7, 11) is -4.28. The standard InChI is InChI=1S/C19H20BrF2N3O3S/c1-13-11-14(20)5-6-17(13)23-18(26)12-24-7-9-25(10-8-24)29(27,28)19-15(21)3-2-4-16(19)22/h2-6,11H,7-10,12H2,1H3,(H,23,26). The minimum atomic E-state index is -4.28. The molecule has 2 aromatic carbocycles. The molecule has 0 unspecified atom stereocenters. The molecule has 1 N–H and O–H groups in total. The normalized spacial score (nSPS) is 16.0. The number of anilines is 1. The lowest BCUT2D eigenvalue weighted by Crippen LogP contribution is -2.50. The number of sulfonamides is 1. The van der Waals surface area contributed by atoms with Crippen LogP contribution in [0.4, 0.5) is 14.5 Å². The van der Waals surface area contributed by atoms with Gasteiger partial charge in [-0.2, -0.15) is 4.31 Å². The van der Waals surface area contributed by atoms with Crippen LogP contribution in [0, 0.1) is 18.6 Å². The number of nitrogens with zero attached hydrogens (tertiary/aromatic N) is 2. The Morgan fingerprint density at radius 1 is 1.10 bits per heavy atom. The molecule has 0 bridgehead atoms. The van der Waals surface area contributed by atoms with E-state index in [4.69, 9.17) is 0 Å². The van der Waals surface area contributed by atoms with Gasteiger partial charge in [-0.15, -0.1) is 0 Å². The molecule has 1 saturated heterocycles. The maximum absolute atomic E-state index is 13.9. The van der Waals surface area contributed by atoms with Crippen LogP contribution in [0.3, 0.4) is 0 Å². The molecule has 1 amide bonds. The van der Waals surface area contributed by atoms with Crippen molar-refractivity contribution in [3.63, 3.8) is 0 Å². The van der Waals surface area contributed by atoms with Crippen molar-refractivity contribution in [1.82, 2.24) is 9.21 Å². The van der Waals surface area contributed by atoms with Crippen molar-refractivity contribution < 1.29 is 22.0 Å². The maximum Gasteiger partial charge on any atom is 0.249 e. The van der Waals surface area contributed by atoms with Gasteiger partial charge in [0.2, 0.25) is 15.9 Å². The van der Waals surface area contributed by atoms with Crippen molar-refractivity contribution in [1.29, 1.82) is 0 Å². The van der Waals surface area contributed by atoms with Gasteiger partial charge in [0, 0.05) is 36.3 Å². The van der Waals surface area contributed by atoms with Crippen LogP contribution in [-0.4, -0.2) is 56.3 Å². The van der Waals surface area contributed by atoms with Crippen molar-refractivity contribution in [2.45, 2.75) is 11.8 Å². The number of piperazine rings is 1. The molecule has 0 atom stereocenters. The van der Waals surface area contributed by atoms with Gasteiger partial charge in [0.05, 0.1) is 6.54 Å². The Balaban J connectivity index is 1.59. The second-order valence-electron chi connectivity index (χ2n) is 6.74. The Labute approximate surface area is 176 Å². The zero-order valence-corrected chi connectivity index (χ0v) is 18.1. The number of aryl methyl sites for hydroxylation is 1. The van der Waals surface area contributed by atoms with Crippen molar-refractivity contribution in [3.8, 4) is 0 Å². The van der Waals surface area contributed by atoms with Gasteiger partial charge in [-0.05, 0) is 42.8 Å². The van der Waals surface area contributed by atoms with Gasteiger partial charge in [-0.3, -0.25) is 9.69 Å². The number of benzene rings is 2. The number of nitrogens with one attached hydrogen (secondary N) is 1. The molecule has 6 nitrogen and oxygen atoms in total. The van der Waals surface area contributed by atoms with E-state index in [1.54, 1.807) is 11.0 Å². The molecule has 1 aliphatic heterocycles. The quantitative estimate of drug-likeness (QED) is 0.703. The lowest BCUT2D eigenvalue weighted by Gasteiger charge is -2.33. The fourth-order valence-corrected chi connectivity index (χ4v) is 5.15. The number of carbonyl (C=O) groups excluding carboxylic acids is 1. The van der Waals surface area contributed by atoms with Gasteiger partial charge in [0.15, 0.2) is 4.90 Å². The van der Waals surface area contributed by atoms with Gasteiger partial charge in [0.25, 0.3) is 0 Å². The van der Waals surface area contributed by atoms with E-state index in [2.05, 4.69) is 21.2 Å². The summed E-state index contributed by atoms with van der Waals surface area (Å²) in [6, 6.07) is 8.47. The number of carbonyl (C=O) groups is 1. The molecule has 10 heteroatoms. The first kappa shape index (κ1) is 21.8. The topological polar surface area (TPSA) is 69.7 Å². The van der Waals surface area contributed by atoms with Crippen LogP contribution in [0.2, 0.25) is 0 Å². The summed E-state index contributed by atoms with van der Waals surface area (Å²) < 4.78 is 55.0. The van der Waals surface area contributed by atoms with Crippen LogP contribution in [0.25, 0.3) is 0 Å². The highest BCUT2D eigenvalue weighted by atomic mass is 79.9. The first-order valence-corrected chi connectivity index (χ1v) is 11.1. The fraction of sp³-hybridized carbons (Fsp3) is 0.316. The predicted octanol–water partition coefficient (Wildman–Crippen LogP) is 2.98. The fourth-order valence-electron chi connectivity index (χ4n) is 3.15. The average molecular weight is 488 g/mol. The third-order valence-corrected chi connectivity index (χ3v) is 7.12. The smallest absolute Gasteiger partial charge is 0.249 e. The van der Waals surface area contributed by atoms with E-state index in [0.29, 0.717) is 5.69 Å². The molecular weight excluding hydrogens is 468 g/mol. The Morgan fingerprint density at radius 3 is 2.31 bits per heavy atom. The van der Waals surface area contributed by atoms with Crippen LogP contribution in [-0.2, 0) is 14.8 Å². The zero-order valence-electron chi connectivity index (χ0n) is 15.7. The van der Waals surface area contributed by atoms with E-state index in [-0.39, 0.29) is 38.6 Å². The monoisotopic (exact) mass is 487 g/mol. The number of hydrogen-bond acceptors (Lipinski definition) is 4. The molecule has 156 valence electrons. The Morgan fingerprint density at radius 2 is 1.72 bits per heavy atom. The third kappa shape index (κ3) is 5.00. The van der Waals surface area contributed by atoms with Gasteiger partial charge < -0.3 is 5.32 Å². The molecule has 29 heavy (non-hydrogen) atoms. The van der Waals surface area contributed by atoms with Crippen molar-refractivity contribution in [2.75, 3.05) is 38.0 Å². The van der Waals surface area contributed by atoms with Crippen molar-refractivity contribution >= 4 is 37.5 Å². The molecule has 1 fully saturated rings. The van der Waals surface area contributed by atoms with Crippen molar-refractivity contribution in [3.05, 3.63) is 58.1 Å². The summed E-state index contributed by atoms with van der Waals surface area (Å²) in [6.45, 7) is 2.62. The highest BCUT2D eigenvalue weighted by molar-refractivity contribution is 9.10. The first-order valence-electron chi connectivity index (χ1n) is 8.91. The van der Waals surface area contributed by atoms with Gasteiger partial charge in [-0.25, -0.2) is 17.2 Å². The highest BCUT2D eigenvalue weighted by Gasteiger charge is 2.33. The summed E-state index contributed by atoms with van der Waals surface area (Å²) in [5, 5.41) is 2.83. The molecule has 2 aromatic rings. The van der Waals surface area contributed by atoms with E-state index in [0.717, 1.165) is 32.5 Å². The van der Waals surface area contributed by atoms with E-state index < -0.39 is 26.6 Å². The van der Waals surface area contributed by atoms with Gasteiger partial charge in [0.1, 0.15) is 11.6 Å². The molecule has 0 radical (unpaired) electrons. The Hall–Kier alpha value is -1.88. The van der Waals surface area contributed by atoms with Crippen LogP contribution in [0.5, 0.6) is 0 Å². The van der Waals surface area contributed by atoms with Crippen LogP contribution in [0.1, 0.15) is 5.56 Å². The van der Waals surface area contributed by atoms with Crippen molar-refractivity contribution in [2.24, 2.45) is 0 Å². The summed E-state index contributed by atoms with van der Waals surface area (Å²) >= 11 is 3.37. The minimum Gasteiger partial charge on any atom is -0.325 e. The second-order valence-corrected chi connectivity index (χ2v) is 9.53. The van der Waals surface area contributed by atoms with Crippen LogP contribution in [0.15, 0.2) is 45.8 Å². The molecule has 0 aliphatic carbocycles. The lowest BCUT2D eigenvalue weighted by atomic mass is 10.2. The first-order chi connectivity index (χ1) is 13.7. The second kappa shape index (κ2) is 8.86. The summed E-state index contributed by atoms with van der Waals surface area (Å²) in [6.07, 6.45) is 0. The number of hydrogen-bond donors (Lipinski definition) is 1. The number of halogens is 3. The third-order valence-electron chi connectivity index (χ3n) is 4.68. The SMILES string of the molecule is Cc1cc(Br)ccc1NC(=O)CN1CCN(S(=O)(=O)c2c(F)cccc2F)CC1. The zero-order chi connectivity index (χ0) is 21.2. The molecule has 3 rings (SSSR count). The van der Waals surface area contributed by atoms with E-state index in [1.165, 1.54) is 0 Å². The maximum atomic E-state index is 13.9. The molecule has 0 aromatic heterocycles.